The number of anilines is 2. The summed E-state index contributed by atoms with van der Waals surface area (Å²) in [6.07, 6.45) is 1.84. The first-order valence-electron chi connectivity index (χ1n) is 5.65. The van der Waals surface area contributed by atoms with Crippen LogP contribution in [0.3, 0.4) is 0 Å². The van der Waals surface area contributed by atoms with Gasteiger partial charge >= 0.3 is 0 Å². The fraction of sp³-hybridized carbons (Fsp3) is 0.364. The van der Waals surface area contributed by atoms with Crippen LogP contribution in [0.25, 0.3) is 0 Å². The average Bonchev–Trinajstić information content (AvgIpc) is 2.54. The molecule has 1 saturated heterocycles. The third kappa shape index (κ3) is 2.50. The molecular formula is C11H15N5O2. The molecule has 0 radical (unpaired) electrons. The van der Waals surface area contributed by atoms with E-state index in [1.54, 1.807) is 0 Å². The van der Waals surface area contributed by atoms with Gasteiger partial charge in [-0.1, -0.05) is 0 Å². The van der Waals surface area contributed by atoms with Crippen molar-refractivity contribution in [3.05, 3.63) is 17.8 Å². The SMILES string of the molecule is NC(=O)c1cc(N)cnc1N1CCNC(=O)CC1. The van der Waals surface area contributed by atoms with Crippen molar-refractivity contribution in [2.45, 2.75) is 6.42 Å². The standard InChI is InChI=1S/C11H15N5O2/c12-7-5-8(10(13)18)11(15-6-7)16-3-1-9(17)14-2-4-16/h5-6H,1-4,12H2,(H2,13,18)(H,14,17). The second-order valence-corrected chi connectivity index (χ2v) is 4.09. The molecule has 2 heterocycles. The zero-order valence-electron chi connectivity index (χ0n) is 9.85. The molecule has 1 aliphatic heterocycles. The molecule has 1 aliphatic rings. The average molecular weight is 249 g/mol. The molecule has 7 heteroatoms. The molecule has 0 spiro atoms. The molecule has 0 atom stereocenters. The summed E-state index contributed by atoms with van der Waals surface area (Å²) in [5.74, 6) is -0.102. The fourth-order valence-corrected chi connectivity index (χ4v) is 1.89. The number of nitrogens with one attached hydrogen (secondary N) is 1. The highest BCUT2D eigenvalue weighted by Crippen LogP contribution is 2.20. The highest BCUT2D eigenvalue weighted by molar-refractivity contribution is 5.98. The van der Waals surface area contributed by atoms with Crippen molar-refractivity contribution in [1.29, 1.82) is 0 Å². The summed E-state index contributed by atoms with van der Waals surface area (Å²) >= 11 is 0. The lowest BCUT2D eigenvalue weighted by Gasteiger charge is -2.22. The number of nitrogen functional groups attached to an aromatic ring is 1. The number of nitrogens with two attached hydrogens (primary N) is 2. The first-order chi connectivity index (χ1) is 8.58. The number of pyridine rings is 1. The van der Waals surface area contributed by atoms with Crippen LogP contribution in [0.5, 0.6) is 0 Å². The van der Waals surface area contributed by atoms with Crippen LogP contribution in [0.4, 0.5) is 11.5 Å². The van der Waals surface area contributed by atoms with Crippen LogP contribution in [0.15, 0.2) is 12.3 Å². The van der Waals surface area contributed by atoms with Gasteiger partial charge < -0.3 is 21.7 Å². The Kier molecular flexibility index (Phi) is 3.31. The Morgan fingerprint density at radius 3 is 2.94 bits per heavy atom. The molecule has 2 rings (SSSR count). The van der Waals surface area contributed by atoms with E-state index in [-0.39, 0.29) is 11.5 Å². The number of rotatable bonds is 2. The van der Waals surface area contributed by atoms with Gasteiger partial charge in [-0.25, -0.2) is 4.98 Å². The number of hydrogen-bond acceptors (Lipinski definition) is 5. The van der Waals surface area contributed by atoms with Crippen molar-refractivity contribution in [2.24, 2.45) is 5.73 Å². The Morgan fingerprint density at radius 2 is 2.22 bits per heavy atom. The molecule has 18 heavy (non-hydrogen) atoms. The fourth-order valence-electron chi connectivity index (χ4n) is 1.89. The van der Waals surface area contributed by atoms with E-state index in [1.165, 1.54) is 12.3 Å². The van der Waals surface area contributed by atoms with Crippen molar-refractivity contribution in [1.82, 2.24) is 10.3 Å². The molecule has 1 aromatic rings. The maximum atomic E-state index is 11.4. The van der Waals surface area contributed by atoms with E-state index in [4.69, 9.17) is 11.5 Å². The van der Waals surface area contributed by atoms with Gasteiger partial charge in [-0.3, -0.25) is 9.59 Å². The monoisotopic (exact) mass is 249 g/mol. The number of primary amides is 1. The van der Waals surface area contributed by atoms with Crippen LogP contribution < -0.4 is 21.7 Å². The molecule has 0 bridgehead atoms. The lowest BCUT2D eigenvalue weighted by atomic mass is 10.2. The highest BCUT2D eigenvalue weighted by atomic mass is 16.2. The molecule has 1 fully saturated rings. The predicted molar refractivity (Wildman–Crippen MR) is 67.0 cm³/mol. The van der Waals surface area contributed by atoms with Gasteiger partial charge in [-0.05, 0) is 6.07 Å². The summed E-state index contributed by atoms with van der Waals surface area (Å²) in [5, 5.41) is 2.76. The van der Waals surface area contributed by atoms with Crippen molar-refractivity contribution >= 4 is 23.3 Å². The van der Waals surface area contributed by atoms with Gasteiger partial charge in [-0.15, -0.1) is 0 Å². The molecule has 1 aromatic heterocycles. The van der Waals surface area contributed by atoms with Crippen LogP contribution in [-0.4, -0.2) is 36.4 Å². The maximum absolute atomic E-state index is 11.4. The van der Waals surface area contributed by atoms with Crippen LogP contribution in [-0.2, 0) is 4.79 Å². The Morgan fingerprint density at radius 1 is 1.44 bits per heavy atom. The van der Waals surface area contributed by atoms with Gasteiger partial charge in [0.1, 0.15) is 5.82 Å². The Labute approximate surface area is 104 Å². The number of hydrogen-bond donors (Lipinski definition) is 3. The third-order valence-corrected chi connectivity index (χ3v) is 2.77. The quantitative estimate of drug-likeness (QED) is 0.627. The van der Waals surface area contributed by atoms with Crippen LogP contribution in [0.2, 0.25) is 0 Å². The van der Waals surface area contributed by atoms with Gasteiger partial charge in [0, 0.05) is 26.1 Å². The smallest absolute Gasteiger partial charge is 0.252 e. The maximum Gasteiger partial charge on any atom is 0.252 e. The van der Waals surface area contributed by atoms with Crippen molar-refractivity contribution in [2.75, 3.05) is 30.3 Å². The third-order valence-electron chi connectivity index (χ3n) is 2.77. The second kappa shape index (κ2) is 4.91. The van der Waals surface area contributed by atoms with E-state index >= 15 is 0 Å². The van der Waals surface area contributed by atoms with E-state index in [0.717, 1.165) is 0 Å². The Hall–Kier alpha value is -2.31. The van der Waals surface area contributed by atoms with E-state index in [2.05, 4.69) is 10.3 Å². The molecule has 2 amide bonds. The van der Waals surface area contributed by atoms with Gasteiger partial charge in [0.15, 0.2) is 0 Å². The van der Waals surface area contributed by atoms with Gasteiger partial charge in [0.2, 0.25) is 5.91 Å². The summed E-state index contributed by atoms with van der Waals surface area (Å²) in [4.78, 5) is 28.7. The summed E-state index contributed by atoms with van der Waals surface area (Å²) in [7, 11) is 0. The van der Waals surface area contributed by atoms with Crippen molar-refractivity contribution in [3.63, 3.8) is 0 Å². The lowest BCUT2D eigenvalue weighted by Crippen LogP contribution is -2.31. The van der Waals surface area contributed by atoms with Gasteiger partial charge in [0.25, 0.3) is 5.91 Å². The largest absolute Gasteiger partial charge is 0.397 e. The summed E-state index contributed by atoms with van der Waals surface area (Å²) in [6, 6.07) is 1.50. The van der Waals surface area contributed by atoms with E-state index < -0.39 is 5.91 Å². The van der Waals surface area contributed by atoms with Crippen molar-refractivity contribution in [3.8, 4) is 0 Å². The Balaban J connectivity index is 2.31. The molecule has 5 N–H and O–H groups in total. The minimum Gasteiger partial charge on any atom is -0.397 e. The number of carbonyl (C=O) groups excluding carboxylic acids is 2. The molecule has 0 unspecified atom stereocenters. The zero-order chi connectivity index (χ0) is 13.1. The van der Waals surface area contributed by atoms with Crippen LogP contribution >= 0.6 is 0 Å². The minimum atomic E-state index is -0.576. The van der Waals surface area contributed by atoms with Crippen LogP contribution in [0, 0.1) is 0 Å². The number of nitrogens with zero attached hydrogens (tertiary/aromatic N) is 2. The predicted octanol–water partition coefficient (Wildman–Crippen LogP) is -0.911. The van der Waals surface area contributed by atoms with Crippen LogP contribution in [0.1, 0.15) is 16.8 Å². The Bertz CT molecular complexity index is 488. The lowest BCUT2D eigenvalue weighted by molar-refractivity contribution is -0.120. The topological polar surface area (TPSA) is 114 Å². The molecule has 0 saturated carbocycles. The van der Waals surface area contributed by atoms with Crippen molar-refractivity contribution < 1.29 is 9.59 Å². The zero-order valence-corrected chi connectivity index (χ0v) is 9.85. The summed E-state index contributed by atoms with van der Waals surface area (Å²) < 4.78 is 0. The molecule has 96 valence electrons. The summed E-state index contributed by atoms with van der Waals surface area (Å²) in [5.41, 5.74) is 11.6. The normalized spacial score (nSPS) is 16.0. The minimum absolute atomic E-state index is 0.00595. The number of amides is 2. The highest BCUT2D eigenvalue weighted by Gasteiger charge is 2.19. The first kappa shape index (κ1) is 12.2. The van der Waals surface area contributed by atoms with Gasteiger partial charge in [-0.2, -0.15) is 0 Å². The summed E-state index contributed by atoms with van der Waals surface area (Å²) in [6.45, 7) is 1.61. The van der Waals surface area contributed by atoms with Gasteiger partial charge in [0.05, 0.1) is 17.4 Å². The molecule has 0 aliphatic carbocycles. The number of carbonyl (C=O) groups is 2. The molecule has 0 aromatic carbocycles. The second-order valence-electron chi connectivity index (χ2n) is 4.09. The molecular weight excluding hydrogens is 234 g/mol. The first-order valence-corrected chi connectivity index (χ1v) is 5.65. The molecule has 7 nitrogen and oxygen atoms in total. The van der Waals surface area contributed by atoms with E-state index in [0.29, 0.717) is 37.6 Å². The van der Waals surface area contributed by atoms with E-state index in [1.807, 2.05) is 4.90 Å². The van der Waals surface area contributed by atoms with E-state index in [9.17, 15) is 9.59 Å². The number of aromatic nitrogens is 1.